The molecule has 0 aromatic rings. The molecule has 4 nitrogen and oxygen atoms in total. The Bertz CT molecular complexity index is 157. The summed E-state index contributed by atoms with van der Waals surface area (Å²) in [6.45, 7) is 3.19. The Morgan fingerprint density at radius 1 is 1.70 bits per heavy atom. The molecular weight excluding hydrogens is 154 g/mol. The van der Waals surface area contributed by atoms with Gasteiger partial charge in [0, 0.05) is 0 Å². The summed E-state index contributed by atoms with van der Waals surface area (Å²) < 4.78 is 2.24. The van der Waals surface area contributed by atoms with Crippen LogP contribution in [0.5, 0.6) is 0 Å². The van der Waals surface area contributed by atoms with Crippen molar-refractivity contribution in [3.8, 4) is 0 Å². The van der Waals surface area contributed by atoms with E-state index >= 15 is 0 Å². The standard InChI is InChI=1S/C5H7NO3S/c1-2-4(7)6-10-3-5(8)9/h2H,1,3H2,(H,6,7)(H,8,9). The van der Waals surface area contributed by atoms with Gasteiger partial charge in [-0.2, -0.15) is 0 Å². The molecule has 0 aliphatic rings. The molecule has 0 heterocycles. The first-order valence-electron chi connectivity index (χ1n) is 2.43. The lowest BCUT2D eigenvalue weighted by atomic mass is 10.6. The van der Waals surface area contributed by atoms with Crippen molar-refractivity contribution in [1.29, 1.82) is 0 Å². The molecule has 2 N–H and O–H groups in total. The van der Waals surface area contributed by atoms with Crippen molar-refractivity contribution >= 4 is 23.8 Å². The molecule has 0 unspecified atom stereocenters. The van der Waals surface area contributed by atoms with Gasteiger partial charge in [0.15, 0.2) is 0 Å². The monoisotopic (exact) mass is 161 g/mol. The molecule has 0 bridgehead atoms. The van der Waals surface area contributed by atoms with Gasteiger partial charge in [-0.25, -0.2) is 0 Å². The SMILES string of the molecule is C=CC(=O)NSCC(=O)O. The summed E-state index contributed by atoms with van der Waals surface area (Å²) >= 11 is 0.824. The fourth-order valence-electron chi connectivity index (χ4n) is 0.211. The van der Waals surface area contributed by atoms with Gasteiger partial charge in [-0.3, -0.25) is 14.3 Å². The minimum absolute atomic E-state index is 0.139. The molecule has 0 aliphatic heterocycles. The fourth-order valence-corrected chi connectivity index (χ4v) is 0.632. The van der Waals surface area contributed by atoms with Crippen LogP contribution < -0.4 is 4.72 Å². The van der Waals surface area contributed by atoms with Crippen molar-refractivity contribution in [2.24, 2.45) is 0 Å². The van der Waals surface area contributed by atoms with Gasteiger partial charge in [-0.05, 0) is 18.0 Å². The van der Waals surface area contributed by atoms with Crippen molar-refractivity contribution in [2.75, 3.05) is 5.75 Å². The molecular formula is C5H7NO3S. The minimum Gasteiger partial charge on any atom is -0.481 e. The number of carboxylic acid groups (broad SMARTS) is 1. The molecule has 0 aromatic heterocycles. The number of carboxylic acids is 1. The highest BCUT2D eigenvalue weighted by Gasteiger charge is 1.97. The van der Waals surface area contributed by atoms with Gasteiger partial charge in [-0.1, -0.05) is 6.58 Å². The van der Waals surface area contributed by atoms with Crippen molar-refractivity contribution < 1.29 is 14.7 Å². The van der Waals surface area contributed by atoms with Gasteiger partial charge in [0.05, 0.1) is 0 Å². The van der Waals surface area contributed by atoms with E-state index in [4.69, 9.17) is 5.11 Å². The molecule has 0 saturated heterocycles. The smallest absolute Gasteiger partial charge is 0.315 e. The summed E-state index contributed by atoms with van der Waals surface area (Å²) in [6, 6.07) is 0. The third kappa shape index (κ3) is 5.17. The second-order valence-electron chi connectivity index (χ2n) is 1.35. The van der Waals surface area contributed by atoms with Gasteiger partial charge in [0.2, 0.25) is 0 Å². The predicted octanol–water partition coefficient (Wildman–Crippen LogP) is 0.0214. The Kier molecular flexibility index (Phi) is 4.39. The Morgan fingerprint density at radius 2 is 2.30 bits per heavy atom. The number of carbonyl (C=O) groups excluding carboxylic acids is 1. The lowest BCUT2D eigenvalue weighted by Gasteiger charge is -1.95. The molecule has 0 radical (unpaired) electrons. The van der Waals surface area contributed by atoms with Crippen LogP contribution in [0.3, 0.4) is 0 Å². The molecule has 0 fully saturated rings. The zero-order chi connectivity index (χ0) is 7.98. The number of amides is 1. The molecule has 0 saturated carbocycles. The average molecular weight is 161 g/mol. The van der Waals surface area contributed by atoms with E-state index in [0.717, 1.165) is 18.0 Å². The lowest BCUT2D eigenvalue weighted by Crippen LogP contribution is -2.14. The topological polar surface area (TPSA) is 66.4 Å². The number of hydrogen-bond donors (Lipinski definition) is 2. The molecule has 0 atom stereocenters. The number of nitrogens with one attached hydrogen (secondary N) is 1. The minimum atomic E-state index is -0.964. The quantitative estimate of drug-likeness (QED) is 0.450. The summed E-state index contributed by atoms with van der Waals surface area (Å²) in [4.78, 5) is 20.2. The second kappa shape index (κ2) is 4.87. The van der Waals surface area contributed by atoms with Crippen LogP contribution in [0.25, 0.3) is 0 Å². The van der Waals surface area contributed by atoms with E-state index in [2.05, 4.69) is 11.3 Å². The number of hydrogen-bond acceptors (Lipinski definition) is 3. The zero-order valence-corrected chi connectivity index (χ0v) is 5.98. The third-order valence-electron chi connectivity index (χ3n) is 0.554. The maximum absolute atomic E-state index is 10.4. The fraction of sp³-hybridized carbons (Fsp3) is 0.200. The molecule has 10 heavy (non-hydrogen) atoms. The van der Waals surface area contributed by atoms with E-state index in [0.29, 0.717) is 0 Å². The van der Waals surface area contributed by atoms with E-state index < -0.39 is 5.97 Å². The van der Waals surface area contributed by atoms with Crippen LogP contribution in [-0.2, 0) is 9.59 Å². The normalized spacial score (nSPS) is 8.40. The second-order valence-corrected chi connectivity index (χ2v) is 2.13. The highest BCUT2D eigenvalue weighted by molar-refractivity contribution is 7.98. The van der Waals surface area contributed by atoms with E-state index in [9.17, 15) is 9.59 Å². The van der Waals surface area contributed by atoms with Crippen LogP contribution in [0.15, 0.2) is 12.7 Å². The molecule has 0 aliphatic carbocycles. The molecule has 0 spiro atoms. The van der Waals surface area contributed by atoms with Gasteiger partial charge >= 0.3 is 5.97 Å². The van der Waals surface area contributed by atoms with Gasteiger partial charge in [0.1, 0.15) is 5.75 Å². The highest BCUT2D eigenvalue weighted by atomic mass is 32.2. The Morgan fingerprint density at radius 3 is 2.70 bits per heavy atom. The summed E-state index contributed by atoms with van der Waals surface area (Å²) in [5, 5.41) is 8.10. The van der Waals surface area contributed by atoms with Gasteiger partial charge in [0.25, 0.3) is 5.91 Å². The van der Waals surface area contributed by atoms with E-state index in [1.807, 2.05) is 0 Å². The predicted molar refractivity (Wildman–Crippen MR) is 38.4 cm³/mol. The first-order chi connectivity index (χ1) is 4.66. The summed E-state index contributed by atoms with van der Waals surface area (Å²) in [5.41, 5.74) is 0. The molecule has 1 amide bonds. The first kappa shape index (κ1) is 9.03. The van der Waals surface area contributed by atoms with Gasteiger partial charge < -0.3 is 5.11 Å². The number of carbonyl (C=O) groups is 2. The summed E-state index contributed by atoms with van der Waals surface area (Å²) in [5.74, 6) is -1.49. The number of aliphatic carboxylic acids is 1. The summed E-state index contributed by atoms with van der Waals surface area (Å²) in [7, 11) is 0. The first-order valence-corrected chi connectivity index (χ1v) is 3.41. The Labute approximate surface area is 62.4 Å². The summed E-state index contributed by atoms with van der Waals surface area (Å²) in [6.07, 6.45) is 1.08. The average Bonchev–Trinajstić information content (AvgIpc) is 1.87. The lowest BCUT2D eigenvalue weighted by molar-refractivity contribution is -0.133. The molecule has 56 valence electrons. The van der Waals surface area contributed by atoms with Crippen molar-refractivity contribution in [3.05, 3.63) is 12.7 Å². The molecule has 5 heteroatoms. The largest absolute Gasteiger partial charge is 0.481 e. The van der Waals surface area contributed by atoms with Crippen LogP contribution in [0.1, 0.15) is 0 Å². The zero-order valence-electron chi connectivity index (χ0n) is 5.16. The van der Waals surface area contributed by atoms with E-state index in [1.165, 1.54) is 0 Å². The van der Waals surface area contributed by atoms with Crippen LogP contribution in [0.4, 0.5) is 0 Å². The van der Waals surface area contributed by atoms with Crippen LogP contribution in [-0.4, -0.2) is 22.7 Å². The van der Waals surface area contributed by atoms with E-state index in [-0.39, 0.29) is 11.7 Å². The van der Waals surface area contributed by atoms with Crippen molar-refractivity contribution in [1.82, 2.24) is 4.72 Å². The van der Waals surface area contributed by atoms with Gasteiger partial charge in [-0.15, -0.1) is 0 Å². The van der Waals surface area contributed by atoms with E-state index in [1.54, 1.807) is 0 Å². The third-order valence-corrected chi connectivity index (χ3v) is 1.29. The molecule has 0 aromatic carbocycles. The van der Waals surface area contributed by atoms with Crippen LogP contribution >= 0.6 is 11.9 Å². The van der Waals surface area contributed by atoms with Crippen LogP contribution in [0.2, 0.25) is 0 Å². The van der Waals surface area contributed by atoms with Crippen molar-refractivity contribution in [2.45, 2.75) is 0 Å². The Hall–Kier alpha value is -0.970. The Balaban J connectivity index is 3.28. The van der Waals surface area contributed by atoms with Crippen molar-refractivity contribution in [3.63, 3.8) is 0 Å². The maximum atomic E-state index is 10.4. The maximum Gasteiger partial charge on any atom is 0.315 e. The molecule has 0 rings (SSSR count). The highest BCUT2D eigenvalue weighted by Crippen LogP contribution is 1.90. The number of rotatable bonds is 4. The van der Waals surface area contributed by atoms with Crippen LogP contribution in [0, 0.1) is 0 Å².